The molecule has 1 unspecified atom stereocenters. The zero-order valence-electron chi connectivity index (χ0n) is 22.8. The van der Waals surface area contributed by atoms with Crippen LogP contribution in [0.5, 0.6) is 0 Å². The van der Waals surface area contributed by atoms with E-state index in [1.165, 1.54) is 12.3 Å². The number of fused-ring (bicyclic) bond motifs is 2. The Balaban J connectivity index is 1.57. The normalized spacial score (nSPS) is 12.6. The number of benzene rings is 3. The summed E-state index contributed by atoms with van der Waals surface area (Å²) in [5.74, 6) is -0.555. The maximum Gasteiger partial charge on any atom is 0.416 e. The molecule has 0 aliphatic heterocycles. The number of hydrogen-bond acceptors (Lipinski definition) is 7. The van der Waals surface area contributed by atoms with Gasteiger partial charge < -0.3 is 16.4 Å². The lowest BCUT2D eigenvalue weighted by molar-refractivity contribution is -0.137. The summed E-state index contributed by atoms with van der Waals surface area (Å²) < 4.78 is 42.4. The highest BCUT2D eigenvalue weighted by Gasteiger charge is 2.31. The van der Waals surface area contributed by atoms with Gasteiger partial charge in [-0.2, -0.15) is 18.4 Å². The summed E-state index contributed by atoms with van der Waals surface area (Å²) in [5.41, 5.74) is 8.72. The first-order valence-electron chi connectivity index (χ1n) is 12.8. The second kappa shape index (κ2) is 10.9. The van der Waals surface area contributed by atoms with Crippen molar-refractivity contribution >= 4 is 51.5 Å². The minimum absolute atomic E-state index is 0.0354. The van der Waals surface area contributed by atoms with Crippen LogP contribution in [0.25, 0.3) is 27.9 Å². The fourth-order valence-electron chi connectivity index (χ4n) is 4.40. The molecule has 5 aromatic rings. The molecule has 0 saturated carbocycles. The number of nitrogens with zero attached hydrogens (tertiary/aromatic N) is 5. The number of aromatic nitrogens is 3. The van der Waals surface area contributed by atoms with Crippen molar-refractivity contribution in [1.29, 1.82) is 5.26 Å². The lowest BCUT2D eigenvalue weighted by Crippen LogP contribution is -2.22. The van der Waals surface area contributed by atoms with Crippen LogP contribution < -0.4 is 16.4 Å². The van der Waals surface area contributed by atoms with E-state index >= 15 is 0 Å². The fourth-order valence-corrected chi connectivity index (χ4v) is 4.40. The van der Waals surface area contributed by atoms with E-state index in [0.29, 0.717) is 33.4 Å². The third kappa shape index (κ3) is 5.37. The van der Waals surface area contributed by atoms with Crippen LogP contribution in [-0.2, 0) is 6.18 Å². The van der Waals surface area contributed by atoms with E-state index in [0.717, 1.165) is 12.1 Å². The Kier molecular flexibility index (Phi) is 7.36. The molecule has 2 aromatic heterocycles. The summed E-state index contributed by atoms with van der Waals surface area (Å²) in [4.78, 5) is 26.7. The van der Waals surface area contributed by atoms with E-state index in [2.05, 4.69) is 31.7 Å². The number of amides is 1. The van der Waals surface area contributed by atoms with E-state index in [-0.39, 0.29) is 34.4 Å². The average Bonchev–Trinajstić information content (AvgIpc) is 3.23. The summed E-state index contributed by atoms with van der Waals surface area (Å²) >= 11 is 0. The molecule has 2 heterocycles. The monoisotopic (exact) mass is 570 g/mol. The first-order chi connectivity index (χ1) is 20.0. The van der Waals surface area contributed by atoms with Gasteiger partial charge in [-0.1, -0.05) is 18.2 Å². The van der Waals surface area contributed by atoms with Crippen LogP contribution in [0.3, 0.4) is 0 Å². The number of aliphatic imine (C=N–C) groups is 1. The molecule has 0 aliphatic rings. The van der Waals surface area contributed by atoms with Crippen LogP contribution in [0.4, 0.5) is 30.4 Å². The molecule has 212 valence electrons. The number of rotatable bonds is 6. The Morgan fingerprint density at radius 2 is 1.83 bits per heavy atom. The van der Waals surface area contributed by atoms with Crippen LogP contribution in [0.15, 0.2) is 65.7 Å². The predicted molar refractivity (Wildman–Crippen MR) is 156 cm³/mol. The smallest absolute Gasteiger partial charge is 0.384 e. The van der Waals surface area contributed by atoms with Crippen LogP contribution >= 0.6 is 0 Å². The third-order valence-electron chi connectivity index (χ3n) is 6.73. The average molecular weight is 571 g/mol. The molecule has 0 saturated heterocycles. The number of para-hydroxylation sites is 2. The van der Waals surface area contributed by atoms with Crippen LogP contribution in [0, 0.1) is 18.3 Å². The SMILES string of the molecule is CNC(C)C=Nc1cc(NC(=O)c2ccc(C)c(-n3c(N)c(C#N)c4nc5ccccc5nc43)c2)cc(C(F)(F)F)c1. The van der Waals surface area contributed by atoms with Crippen molar-refractivity contribution in [1.82, 2.24) is 19.9 Å². The molecule has 42 heavy (non-hydrogen) atoms. The van der Waals surface area contributed by atoms with Crippen LogP contribution in [0.2, 0.25) is 0 Å². The second-order valence-electron chi connectivity index (χ2n) is 9.67. The summed E-state index contributed by atoms with van der Waals surface area (Å²) in [5, 5.41) is 15.3. The molecule has 0 radical (unpaired) electrons. The van der Waals surface area contributed by atoms with Gasteiger partial charge in [-0.15, -0.1) is 0 Å². The number of carbonyl (C=O) groups is 1. The number of nitrogens with one attached hydrogen (secondary N) is 2. The number of hydrogen-bond donors (Lipinski definition) is 3. The minimum atomic E-state index is -4.65. The first kappa shape index (κ1) is 28.3. The van der Waals surface area contributed by atoms with E-state index < -0.39 is 17.6 Å². The van der Waals surface area contributed by atoms with Gasteiger partial charge in [0.15, 0.2) is 5.65 Å². The molecule has 12 heteroatoms. The zero-order valence-corrected chi connectivity index (χ0v) is 22.8. The topological polar surface area (TPSA) is 134 Å². The quantitative estimate of drug-likeness (QED) is 0.217. The van der Waals surface area contributed by atoms with Gasteiger partial charge in [0.2, 0.25) is 0 Å². The third-order valence-corrected chi connectivity index (χ3v) is 6.73. The van der Waals surface area contributed by atoms with E-state index in [4.69, 9.17) is 5.73 Å². The minimum Gasteiger partial charge on any atom is -0.384 e. The van der Waals surface area contributed by atoms with Crippen molar-refractivity contribution in [2.24, 2.45) is 4.99 Å². The zero-order chi connectivity index (χ0) is 30.2. The Hall–Kier alpha value is -5.28. The molecule has 0 bridgehead atoms. The van der Waals surface area contributed by atoms with Gasteiger partial charge in [0.25, 0.3) is 5.91 Å². The Labute approximate surface area is 238 Å². The number of nitriles is 1. The largest absolute Gasteiger partial charge is 0.416 e. The van der Waals surface area contributed by atoms with Crippen molar-refractivity contribution in [3.8, 4) is 11.8 Å². The van der Waals surface area contributed by atoms with Gasteiger partial charge in [-0.3, -0.25) is 14.4 Å². The van der Waals surface area contributed by atoms with Gasteiger partial charge in [-0.05, 0) is 68.9 Å². The van der Waals surface area contributed by atoms with Crippen LogP contribution in [-0.4, -0.2) is 39.7 Å². The van der Waals surface area contributed by atoms with E-state index in [1.54, 1.807) is 55.8 Å². The van der Waals surface area contributed by atoms with Crippen molar-refractivity contribution in [2.45, 2.75) is 26.1 Å². The number of halogens is 3. The predicted octanol–water partition coefficient (Wildman–Crippen LogP) is 5.92. The lowest BCUT2D eigenvalue weighted by Gasteiger charge is -2.14. The summed E-state index contributed by atoms with van der Waals surface area (Å²) in [6, 6.07) is 17.0. The maximum absolute atomic E-state index is 13.6. The summed E-state index contributed by atoms with van der Waals surface area (Å²) in [6.07, 6.45) is -3.17. The fraction of sp³-hybridized carbons (Fsp3) is 0.167. The summed E-state index contributed by atoms with van der Waals surface area (Å²) in [6.45, 7) is 3.59. The Morgan fingerprint density at radius 3 is 2.50 bits per heavy atom. The molecule has 3 aromatic carbocycles. The van der Waals surface area contributed by atoms with Crippen LogP contribution in [0.1, 0.15) is 34.0 Å². The molecule has 9 nitrogen and oxygen atoms in total. The summed E-state index contributed by atoms with van der Waals surface area (Å²) in [7, 11) is 1.70. The van der Waals surface area contributed by atoms with Gasteiger partial charge >= 0.3 is 6.18 Å². The Bertz CT molecular complexity index is 1920. The standard InChI is InChI=1S/C30H25F3N8O/c1-16-8-9-18(29(42)38-21-12-19(30(31,32)33)11-20(13-21)37-15-17(2)36-3)10-25(16)41-27(35)22(14-34)26-28(41)40-24-7-5-4-6-23(24)39-26/h4-13,15,17,36H,35H2,1-3H3,(H,38,42). The van der Waals surface area contributed by atoms with Crippen molar-refractivity contribution < 1.29 is 18.0 Å². The molecule has 5 rings (SSSR count). The number of nitrogen functional groups attached to an aromatic ring is 1. The number of anilines is 2. The van der Waals surface area contributed by atoms with Gasteiger partial charge in [0.05, 0.1) is 28.0 Å². The lowest BCUT2D eigenvalue weighted by atomic mass is 10.1. The number of alkyl halides is 3. The van der Waals surface area contributed by atoms with Gasteiger partial charge in [0.1, 0.15) is 23.0 Å². The molecule has 1 amide bonds. The van der Waals surface area contributed by atoms with Crippen molar-refractivity contribution in [3.05, 3.63) is 82.9 Å². The molecule has 4 N–H and O–H groups in total. The molecular formula is C30H25F3N8O. The highest BCUT2D eigenvalue weighted by atomic mass is 19.4. The number of aryl methyl sites for hydroxylation is 1. The highest BCUT2D eigenvalue weighted by Crippen LogP contribution is 2.35. The van der Waals surface area contributed by atoms with Crippen molar-refractivity contribution in [3.63, 3.8) is 0 Å². The highest BCUT2D eigenvalue weighted by molar-refractivity contribution is 6.05. The molecule has 0 aliphatic carbocycles. The molecular weight excluding hydrogens is 545 g/mol. The van der Waals surface area contributed by atoms with Gasteiger partial charge in [-0.25, -0.2) is 9.97 Å². The van der Waals surface area contributed by atoms with E-state index in [1.807, 2.05) is 12.1 Å². The van der Waals surface area contributed by atoms with Gasteiger partial charge in [0, 0.05) is 23.5 Å². The molecule has 1 atom stereocenters. The maximum atomic E-state index is 13.6. The number of carbonyl (C=O) groups excluding carboxylic acids is 1. The first-order valence-corrected chi connectivity index (χ1v) is 12.8. The van der Waals surface area contributed by atoms with E-state index in [9.17, 15) is 23.2 Å². The number of nitrogens with two attached hydrogens (primary N) is 1. The Morgan fingerprint density at radius 1 is 1.12 bits per heavy atom. The second-order valence-corrected chi connectivity index (χ2v) is 9.67. The van der Waals surface area contributed by atoms with Crippen molar-refractivity contribution in [2.75, 3.05) is 18.1 Å². The molecule has 0 spiro atoms. The molecule has 0 fully saturated rings.